The molecule has 162 valence electrons. The Morgan fingerprint density at radius 1 is 1.28 bits per heavy atom. The SMILES string of the molecule is CC.CC=O.CCCc1[nH]c(/C(C)=C/C(NCC)c2ccc(O)c(F)c2)cc1C. The number of carbonyl (C=O) groups excluding carboxylic acids is 1. The second-order valence-corrected chi connectivity index (χ2v) is 6.43. The minimum Gasteiger partial charge on any atom is -0.505 e. The molecule has 0 saturated heterocycles. The Morgan fingerprint density at radius 3 is 2.41 bits per heavy atom. The Morgan fingerprint density at radius 2 is 1.90 bits per heavy atom. The van der Waals surface area contributed by atoms with Crippen LogP contribution < -0.4 is 5.32 Å². The first-order valence-corrected chi connectivity index (χ1v) is 10.4. The first-order valence-electron chi connectivity index (χ1n) is 10.4. The van der Waals surface area contributed by atoms with Crippen LogP contribution in [0.2, 0.25) is 0 Å². The van der Waals surface area contributed by atoms with Gasteiger partial charge in [0.1, 0.15) is 6.29 Å². The summed E-state index contributed by atoms with van der Waals surface area (Å²) in [5.74, 6) is -0.915. The molecule has 0 bridgehead atoms. The molecule has 0 fully saturated rings. The lowest BCUT2D eigenvalue weighted by atomic mass is 10.0. The predicted octanol–water partition coefficient (Wildman–Crippen LogP) is 6.11. The van der Waals surface area contributed by atoms with Gasteiger partial charge in [0, 0.05) is 11.4 Å². The van der Waals surface area contributed by atoms with Gasteiger partial charge in [-0.3, -0.25) is 0 Å². The van der Waals surface area contributed by atoms with Crippen molar-refractivity contribution < 1.29 is 14.3 Å². The van der Waals surface area contributed by atoms with Crippen LogP contribution >= 0.6 is 0 Å². The highest BCUT2D eigenvalue weighted by Crippen LogP contribution is 2.25. The lowest BCUT2D eigenvalue weighted by Gasteiger charge is -2.16. The number of phenols is 1. The average molecular weight is 405 g/mol. The molecule has 1 unspecified atom stereocenters. The molecular formula is C24H37FN2O2. The van der Waals surface area contributed by atoms with E-state index in [1.54, 1.807) is 6.07 Å². The van der Waals surface area contributed by atoms with E-state index in [0.717, 1.165) is 42.5 Å². The van der Waals surface area contributed by atoms with Crippen molar-refractivity contribution in [1.29, 1.82) is 0 Å². The van der Waals surface area contributed by atoms with Crippen molar-refractivity contribution in [3.63, 3.8) is 0 Å². The third kappa shape index (κ3) is 8.65. The number of H-pyrrole nitrogens is 1. The van der Waals surface area contributed by atoms with Gasteiger partial charge in [-0.05, 0) is 68.6 Å². The maximum absolute atomic E-state index is 13.7. The number of aryl methyl sites for hydroxylation is 2. The van der Waals surface area contributed by atoms with E-state index in [9.17, 15) is 9.50 Å². The Bertz CT molecular complexity index is 766. The number of hydrogen-bond donors (Lipinski definition) is 3. The molecule has 5 heteroatoms. The van der Waals surface area contributed by atoms with E-state index in [1.807, 2.05) is 20.8 Å². The third-order valence-electron chi connectivity index (χ3n) is 4.22. The Kier molecular flexibility index (Phi) is 13.4. The topological polar surface area (TPSA) is 65.1 Å². The van der Waals surface area contributed by atoms with Crippen molar-refractivity contribution in [3.8, 4) is 5.75 Å². The molecule has 4 nitrogen and oxygen atoms in total. The van der Waals surface area contributed by atoms with Crippen LogP contribution in [0.5, 0.6) is 5.75 Å². The lowest BCUT2D eigenvalue weighted by molar-refractivity contribution is -0.106. The largest absolute Gasteiger partial charge is 0.505 e. The van der Waals surface area contributed by atoms with E-state index in [1.165, 1.54) is 30.3 Å². The number of halogens is 1. The molecule has 0 radical (unpaired) electrons. The van der Waals surface area contributed by atoms with Crippen molar-refractivity contribution in [1.82, 2.24) is 10.3 Å². The zero-order valence-corrected chi connectivity index (χ0v) is 18.9. The Hall–Kier alpha value is -2.40. The monoisotopic (exact) mass is 404 g/mol. The molecule has 1 aromatic carbocycles. The van der Waals surface area contributed by atoms with Gasteiger partial charge in [0.15, 0.2) is 11.6 Å². The van der Waals surface area contributed by atoms with Crippen molar-refractivity contribution in [2.75, 3.05) is 6.54 Å². The number of aldehydes is 1. The number of likely N-dealkylation sites (N-methyl/N-ethyl adjacent to an activating group) is 1. The first kappa shape index (κ1) is 26.6. The van der Waals surface area contributed by atoms with Crippen molar-refractivity contribution in [3.05, 3.63) is 58.7 Å². The molecule has 0 aliphatic heterocycles. The van der Waals surface area contributed by atoms with Gasteiger partial charge in [-0.15, -0.1) is 0 Å². The highest BCUT2D eigenvalue weighted by atomic mass is 19.1. The molecule has 0 aliphatic rings. The summed E-state index contributed by atoms with van der Waals surface area (Å²) < 4.78 is 13.7. The van der Waals surface area contributed by atoms with Gasteiger partial charge in [0.05, 0.1) is 6.04 Å². The Balaban J connectivity index is 0.00000143. The number of hydrogen-bond acceptors (Lipinski definition) is 3. The molecule has 1 aromatic heterocycles. The second-order valence-electron chi connectivity index (χ2n) is 6.43. The van der Waals surface area contributed by atoms with E-state index in [0.29, 0.717) is 0 Å². The minimum atomic E-state index is -0.595. The number of rotatable bonds is 7. The predicted molar refractivity (Wildman–Crippen MR) is 121 cm³/mol. The van der Waals surface area contributed by atoms with E-state index in [4.69, 9.17) is 4.79 Å². The van der Waals surface area contributed by atoms with Crippen LogP contribution in [0.4, 0.5) is 4.39 Å². The van der Waals surface area contributed by atoms with Crippen LogP contribution in [0.3, 0.4) is 0 Å². The molecule has 3 N–H and O–H groups in total. The molecule has 2 aromatic rings. The smallest absolute Gasteiger partial charge is 0.165 e. The van der Waals surface area contributed by atoms with Gasteiger partial charge in [0.2, 0.25) is 0 Å². The number of aromatic amines is 1. The molecule has 1 heterocycles. The van der Waals surface area contributed by atoms with E-state index in [2.05, 4.69) is 43.2 Å². The maximum atomic E-state index is 13.7. The van der Waals surface area contributed by atoms with Crippen LogP contribution in [0.1, 0.15) is 76.5 Å². The van der Waals surface area contributed by atoms with Gasteiger partial charge >= 0.3 is 0 Å². The minimum absolute atomic E-state index is 0.108. The number of allylic oxidation sites excluding steroid dienone is 1. The molecular weight excluding hydrogens is 367 g/mol. The molecule has 0 aliphatic carbocycles. The number of nitrogens with one attached hydrogen (secondary N) is 2. The van der Waals surface area contributed by atoms with Crippen molar-refractivity contribution in [2.45, 2.75) is 67.3 Å². The fraction of sp³-hybridized carbons (Fsp3) is 0.458. The quantitative estimate of drug-likeness (QED) is 0.488. The molecule has 29 heavy (non-hydrogen) atoms. The van der Waals surface area contributed by atoms with Crippen LogP contribution in [-0.2, 0) is 11.2 Å². The highest BCUT2D eigenvalue weighted by molar-refractivity contribution is 5.63. The molecule has 0 spiro atoms. The first-order chi connectivity index (χ1) is 13.9. The van der Waals surface area contributed by atoms with Gasteiger partial charge in [-0.1, -0.05) is 46.3 Å². The normalized spacial score (nSPS) is 11.7. The van der Waals surface area contributed by atoms with Crippen LogP contribution in [0, 0.1) is 12.7 Å². The lowest BCUT2D eigenvalue weighted by Crippen LogP contribution is -2.19. The number of aromatic hydroxyl groups is 1. The van der Waals surface area contributed by atoms with Crippen LogP contribution in [0.25, 0.3) is 5.57 Å². The zero-order valence-electron chi connectivity index (χ0n) is 18.9. The molecule has 0 amide bonds. The summed E-state index contributed by atoms with van der Waals surface area (Å²) in [6.07, 6.45) is 4.99. The highest BCUT2D eigenvalue weighted by Gasteiger charge is 2.12. The van der Waals surface area contributed by atoms with Crippen LogP contribution in [-0.4, -0.2) is 22.9 Å². The summed E-state index contributed by atoms with van der Waals surface area (Å²) >= 11 is 0. The molecule has 1 atom stereocenters. The van der Waals surface area contributed by atoms with E-state index in [-0.39, 0.29) is 11.8 Å². The van der Waals surface area contributed by atoms with Gasteiger partial charge in [-0.2, -0.15) is 0 Å². The van der Waals surface area contributed by atoms with Gasteiger partial charge in [0.25, 0.3) is 0 Å². The summed E-state index contributed by atoms with van der Waals surface area (Å²) in [6.45, 7) is 14.6. The van der Waals surface area contributed by atoms with Gasteiger partial charge in [-0.25, -0.2) is 4.39 Å². The fourth-order valence-electron chi connectivity index (χ4n) is 2.87. The summed E-state index contributed by atoms with van der Waals surface area (Å²) in [5, 5.41) is 12.7. The van der Waals surface area contributed by atoms with Crippen molar-refractivity contribution >= 4 is 11.9 Å². The average Bonchev–Trinajstić information content (AvgIpc) is 3.07. The third-order valence-corrected chi connectivity index (χ3v) is 4.22. The molecule has 2 rings (SSSR count). The zero-order chi connectivity index (χ0) is 22.4. The van der Waals surface area contributed by atoms with E-state index >= 15 is 0 Å². The summed E-state index contributed by atoms with van der Waals surface area (Å²) in [4.78, 5) is 12.3. The second kappa shape index (κ2) is 14.6. The summed E-state index contributed by atoms with van der Waals surface area (Å²) in [6, 6.07) is 6.59. The fourth-order valence-corrected chi connectivity index (χ4v) is 2.87. The standard InChI is InChI=1S/C20H27FN2O.C2H4O.C2H6/c1-5-7-17-13(3)10-18(23-17)14(4)11-19(22-6-2)15-8-9-20(24)16(21)12-15;1-2-3;1-2/h8-12,19,22-24H,5-7H2,1-4H3;2H,1H3;1-2H3/b14-11+;;. The summed E-state index contributed by atoms with van der Waals surface area (Å²) in [7, 11) is 0. The van der Waals surface area contributed by atoms with Gasteiger partial charge < -0.3 is 20.2 Å². The maximum Gasteiger partial charge on any atom is 0.165 e. The number of carbonyl (C=O) groups is 1. The van der Waals surface area contributed by atoms with Crippen LogP contribution in [0.15, 0.2) is 30.3 Å². The number of aromatic nitrogens is 1. The molecule has 0 saturated carbocycles. The number of phenolic OH excluding ortho intramolecular Hbond substituents is 1. The van der Waals surface area contributed by atoms with E-state index < -0.39 is 5.82 Å². The number of benzene rings is 1. The van der Waals surface area contributed by atoms with Crippen molar-refractivity contribution in [2.24, 2.45) is 0 Å². The summed E-state index contributed by atoms with van der Waals surface area (Å²) in [5.41, 5.74) is 5.55. The Labute approximate surface area is 175 Å².